The first kappa shape index (κ1) is 19.7. The van der Waals surface area contributed by atoms with E-state index < -0.39 is 17.1 Å². The number of rotatable bonds is 4. The van der Waals surface area contributed by atoms with E-state index in [2.05, 4.69) is 5.32 Å². The van der Waals surface area contributed by atoms with Crippen molar-refractivity contribution in [1.82, 2.24) is 4.90 Å². The van der Waals surface area contributed by atoms with Crippen molar-refractivity contribution in [2.75, 3.05) is 11.9 Å². The molecule has 1 heterocycles. The summed E-state index contributed by atoms with van der Waals surface area (Å²) in [4.78, 5) is 38.2. The van der Waals surface area contributed by atoms with Gasteiger partial charge in [-0.25, -0.2) is 0 Å². The van der Waals surface area contributed by atoms with Crippen LogP contribution in [-0.2, 0) is 9.59 Å². The molecule has 7 heteroatoms. The number of aryl methyl sites for hydroxylation is 3. The summed E-state index contributed by atoms with van der Waals surface area (Å²) < 4.78 is 0. The molecule has 0 bridgehead atoms. The standard InChI is InChI=1S/C21H20N2O4S/c1-12-4-6-16(7-5-12)22-18(24)11-23-20(26)17(28-21(23)27)10-15-8-13(2)19(25)14(3)9-15/h4-10,25H,11H2,1-3H3,(H,22,24). The number of hydrogen-bond donors (Lipinski definition) is 2. The molecule has 2 aromatic rings. The predicted octanol–water partition coefficient (Wildman–Crippen LogP) is 3.99. The van der Waals surface area contributed by atoms with Gasteiger partial charge in [-0.1, -0.05) is 17.7 Å². The van der Waals surface area contributed by atoms with Crippen LogP contribution in [0.25, 0.3) is 6.08 Å². The van der Waals surface area contributed by atoms with Crippen molar-refractivity contribution >= 4 is 40.6 Å². The van der Waals surface area contributed by atoms with Gasteiger partial charge >= 0.3 is 0 Å². The largest absolute Gasteiger partial charge is 0.507 e. The van der Waals surface area contributed by atoms with E-state index >= 15 is 0 Å². The van der Waals surface area contributed by atoms with Crippen LogP contribution in [0.3, 0.4) is 0 Å². The fraction of sp³-hybridized carbons (Fsp3) is 0.190. The average molecular weight is 396 g/mol. The van der Waals surface area contributed by atoms with Gasteiger partial charge in [0.25, 0.3) is 11.1 Å². The molecule has 0 radical (unpaired) electrons. The predicted molar refractivity (Wildman–Crippen MR) is 110 cm³/mol. The molecule has 2 aromatic carbocycles. The molecule has 1 aliphatic heterocycles. The molecule has 0 aromatic heterocycles. The topological polar surface area (TPSA) is 86.7 Å². The summed E-state index contributed by atoms with van der Waals surface area (Å²) in [7, 11) is 0. The van der Waals surface area contributed by atoms with E-state index in [0.29, 0.717) is 22.4 Å². The summed E-state index contributed by atoms with van der Waals surface area (Å²) in [5, 5.41) is 12.1. The lowest BCUT2D eigenvalue weighted by atomic mass is 10.1. The highest BCUT2D eigenvalue weighted by Gasteiger charge is 2.36. The second kappa shape index (κ2) is 7.90. The van der Waals surface area contributed by atoms with E-state index in [-0.39, 0.29) is 17.2 Å². The molecule has 3 amide bonds. The number of benzene rings is 2. The van der Waals surface area contributed by atoms with Gasteiger partial charge in [-0.15, -0.1) is 0 Å². The molecule has 1 saturated heterocycles. The van der Waals surface area contributed by atoms with Gasteiger partial charge in [0.05, 0.1) is 4.91 Å². The van der Waals surface area contributed by atoms with Crippen molar-refractivity contribution in [1.29, 1.82) is 0 Å². The van der Waals surface area contributed by atoms with Crippen LogP contribution in [-0.4, -0.2) is 33.6 Å². The lowest BCUT2D eigenvalue weighted by Gasteiger charge is -2.12. The number of hydrogen-bond acceptors (Lipinski definition) is 5. The maximum atomic E-state index is 12.6. The van der Waals surface area contributed by atoms with Crippen molar-refractivity contribution in [2.24, 2.45) is 0 Å². The summed E-state index contributed by atoms with van der Waals surface area (Å²) in [5.74, 6) is -0.737. The quantitative estimate of drug-likeness (QED) is 0.763. The number of thioether (sulfide) groups is 1. The fourth-order valence-corrected chi connectivity index (χ4v) is 3.68. The molecule has 28 heavy (non-hydrogen) atoms. The molecule has 0 saturated carbocycles. The monoisotopic (exact) mass is 396 g/mol. The number of anilines is 1. The van der Waals surface area contributed by atoms with Crippen LogP contribution >= 0.6 is 11.8 Å². The third-order valence-electron chi connectivity index (χ3n) is 4.32. The number of imide groups is 1. The Bertz CT molecular complexity index is 973. The van der Waals surface area contributed by atoms with E-state index in [1.54, 1.807) is 44.2 Å². The maximum absolute atomic E-state index is 12.6. The van der Waals surface area contributed by atoms with Gasteiger partial charge in [-0.2, -0.15) is 0 Å². The number of nitrogens with one attached hydrogen (secondary N) is 1. The van der Waals surface area contributed by atoms with Gasteiger partial charge in [0.1, 0.15) is 12.3 Å². The maximum Gasteiger partial charge on any atom is 0.294 e. The van der Waals surface area contributed by atoms with Gasteiger partial charge in [-0.05, 0) is 79.6 Å². The van der Waals surface area contributed by atoms with Crippen LogP contribution in [0.15, 0.2) is 41.3 Å². The molecule has 0 spiro atoms. The van der Waals surface area contributed by atoms with Crippen LogP contribution in [0.2, 0.25) is 0 Å². The highest BCUT2D eigenvalue weighted by molar-refractivity contribution is 8.18. The first-order chi connectivity index (χ1) is 13.2. The molecule has 0 unspecified atom stereocenters. The zero-order chi connectivity index (χ0) is 20.4. The van der Waals surface area contributed by atoms with E-state index in [1.165, 1.54) is 0 Å². The van der Waals surface area contributed by atoms with Gasteiger partial charge in [0, 0.05) is 5.69 Å². The minimum atomic E-state index is -0.502. The number of phenols is 1. The van der Waals surface area contributed by atoms with Gasteiger partial charge in [0.15, 0.2) is 0 Å². The Kier molecular flexibility index (Phi) is 5.56. The first-order valence-corrected chi connectivity index (χ1v) is 9.48. The number of amides is 3. The lowest BCUT2D eigenvalue weighted by molar-refractivity contribution is -0.127. The van der Waals surface area contributed by atoms with Gasteiger partial charge in [-0.3, -0.25) is 19.3 Å². The van der Waals surface area contributed by atoms with Crippen LogP contribution in [0.5, 0.6) is 5.75 Å². The van der Waals surface area contributed by atoms with Crippen molar-refractivity contribution in [3.05, 3.63) is 63.6 Å². The number of phenolic OH excluding ortho intramolecular Hbond substituents is 1. The van der Waals surface area contributed by atoms with Crippen molar-refractivity contribution < 1.29 is 19.5 Å². The summed E-state index contributed by atoms with van der Waals surface area (Å²) in [6, 6.07) is 10.7. The van der Waals surface area contributed by atoms with E-state index in [4.69, 9.17) is 0 Å². The number of nitrogens with zero attached hydrogens (tertiary/aromatic N) is 1. The van der Waals surface area contributed by atoms with Crippen molar-refractivity contribution in [3.63, 3.8) is 0 Å². The van der Waals surface area contributed by atoms with Gasteiger partial charge in [0.2, 0.25) is 5.91 Å². The van der Waals surface area contributed by atoms with Crippen LogP contribution in [0, 0.1) is 20.8 Å². The Labute approximate surface area is 167 Å². The second-order valence-electron chi connectivity index (χ2n) is 6.69. The highest BCUT2D eigenvalue weighted by atomic mass is 32.2. The molecule has 3 rings (SSSR count). The molecular formula is C21H20N2O4S. The van der Waals surface area contributed by atoms with Crippen molar-refractivity contribution in [3.8, 4) is 5.75 Å². The third-order valence-corrected chi connectivity index (χ3v) is 5.23. The molecule has 2 N–H and O–H groups in total. The summed E-state index contributed by atoms with van der Waals surface area (Å²) in [6.07, 6.45) is 1.60. The fourth-order valence-electron chi connectivity index (χ4n) is 2.84. The summed E-state index contributed by atoms with van der Waals surface area (Å²) in [6.45, 7) is 5.13. The summed E-state index contributed by atoms with van der Waals surface area (Å²) >= 11 is 0.799. The Morgan fingerprint density at radius 3 is 2.32 bits per heavy atom. The Morgan fingerprint density at radius 1 is 1.11 bits per heavy atom. The zero-order valence-electron chi connectivity index (χ0n) is 15.8. The lowest BCUT2D eigenvalue weighted by Crippen LogP contribution is -2.36. The highest BCUT2D eigenvalue weighted by Crippen LogP contribution is 2.33. The summed E-state index contributed by atoms with van der Waals surface area (Å²) in [5.41, 5.74) is 3.75. The molecular weight excluding hydrogens is 376 g/mol. The van der Waals surface area contributed by atoms with Crippen LogP contribution in [0.4, 0.5) is 10.5 Å². The molecule has 144 valence electrons. The smallest absolute Gasteiger partial charge is 0.294 e. The van der Waals surface area contributed by atoms with Crippen LogP contribution in [0.1, 0.15) is 22.3 Å². The first-order valence-electron chi connectivity index (χ1n) is 8.66. The normalized spacial score (nSPS) is 15.4. The molecule has 1 fully saturated rings. The minimum absolute atomic E-state index is 0.207. The number of carbonyl (C=O) groups excluding carboxylic acids is 3. The Morgan fingerprint density at radius 2 is 1.71 bits per heavy atom. The number of carbonyl (C=O) groups is 3. The third kappa shape index (κ3) is 4.26. The molecule has 0 aliphatic carbocycles. The Hall–Kier alpha value is -3.06. The molecule has 6 nitrogen and oxygen atoms in total. The average Bonchev–Trinajstić information content (AvgIpc) is 2.89. The van der Waals surface area contributed by atoms with E-state index in [0.717, 1.165) is 22.2 Å². The van der Waals surface area contributed by atoms with Crippen molar-refractivity contribution in [2.45, 2.75) is 20.8 Å². The second-order valence-corrected chi connectivity index (χ2v) is 7.68. The molecule has 0 atom stereocenters. The number of aromatic hydroxyl groups is 1. The van der Waals surface area contributed by atoms with E-state index in [9.17, 15) is 19.5 Å². The Balaban J connectivity index is 1.72. The minimum Gasteiger partial charge on any atom is -0.507 e. The zero-order valence-corrected chi connectivity index (χ0v) is 16.6. The SMILES string of the molecule is Cc1ccc(NC(=O)CN2C(=O)SC(=Cc3cc(C)c(O)c(C)c3)C2=O)cc1. The molecule has 1 aliphatic rings. The van der Waals surface area contributed by atoms with Gasteiger partial charge < -0.3 is 10.4 Å². The van der Waals surface area contributed by atoms with E-state index in [1.807, 2.05) is 19.1 Å². The van der Waals surface area contributed by atoms with Crippen LogP contribution < -0.4 is 5.32 Å².